The van der Waals surface area contributed by atoms with Crippen molar-refractivity contribution >= 4 is 5.91 Å². The van der Waals surface area contributed by atoms with Crippen LogP contribution >= 0.6 is 0 Å². The number of likely N-dealkylation sites (N-methyl/N-ethyl adjacent to an activating group) is 1. The number of benzene rings is 1. The summed E-state index contributed by atoms with van der Waals surface area (Å²) >= 11 is 0. The molecule has 0 aromatic heterocycles. The van der Waals surface area contributed by atoms with Gasteiger partial charge in [-0.15, -0.1) is 0 Å². The highest BCUT2D eigenvalue weighted by Crippen LogP contribution is 1.99. The second kappa shape index (κ2) is 6.52. The molecule has 1 aliphatic rings. The molecule has 18 heavy (non-hydrogen) atoms. The first-order chi connectivity index (χ1) is 8.75. The smallest absolute Gasteiger partial charge is 0.251 e. The Balaban J connectivity index is 1.68. The van der Waals surface area contributed by atoms with Gasteiger partial charge in [-0.25, -0.2) is 0 Å². The number of hydrogen-bond acceptors (Lipinski definition) is 3. The molecule has 4 nitrogen and oxygen atoms in total. The minimum Gasteiger partial charge on any atom is -0.351 e. The largest absolute Gasteiger partial charge is 0.351 e. The number of hydrogen-bond donors (Lipinski definition) is 1. The maximum Gasteiger partial charge on any atom is 0.251 e. The molecule has 1 saturated heterocycles. The molecule has 1 amide bonds. The standard InChI is InChI=1S/C14H20N3O/c1-16-9-11-17(12-10-16)8-7-15-14(18)13-5-3-2-4-6-13/h3-6H,7-12H2,1H3,(H,15,18). The zero-order chi connectivity index (χ0) is 12.8. The molecule has 4 heteroatoms. The van der Waals surface area contributed by atoms with E-state index in [4.69, 9.17) is 0 Å². The molecule has 0 unspecified atom stereocenters. The molecule has 0 saturated carbocycles. The first kappa shape index (κ1) is 13.1. The summed E-state index contributed by atoms with van der Waals surface area (Å²) in [5.41, 5.74) is 0.701. The Bertz CT molecular complexity index is 372. The third-order valence-corrected chi connectivity index (χ3v) is 3.29. The summed E-state index contributed by atoms with van der Waals surface area (Å²) in [6.07, 6.45) is 0. The van der Waals surface area contributed by atoms with Gasteiger partial charge >= 0.3 is 0 Å². The molecule has 0 spiro atoms. The van der Waals surface area contributed by atoms with Crippen LogP contribution in [0.5, 0.6) is 0 Å². The molecule has 0 bridgehead atoms. The van der Waals surface area contributed by atoms with Crippen molar-refractivity contribution in [2.45, 2.75) is 0 Å². The van der Waals surface area contributed by atoms with E-state index in [2.05, 4.69) is 28.2 Å². The van der Waals surface area contributed by atoms with Crippen LogP contribution in [0.25, 0.3) is 0 Å². The van der Waals surface area contributed by atoms with E-state index in [1.54, 1.807) is 24.3 Å². The highest BCUT2D eigenvalue weighted by Gasteiger charge is 2.13. The summed E-state index contributed by atoms with van der Waals surface area (Å²) in [6.45, 7) is 6.05. The molecular formula is C14H20N3O. The highest BCUT2D eigenvalue weighted by molar-refractivity contribution is 5.94. The molecule has 2 rings (SSSR count). The quantitative estimate of drug-likeness (QED) is 0.838. The molecule has 1 aliphatic heterocycles. The molecule has 1 N–H and O–H groups in total. The van der Waals surface area contributed by atoms with Gasteiger partial charge < -0.3 is 10.2 Å². The lowest BCUT2D eigenvalue weighted by atomic mass is 10.2. The Labute approximate surface area is 109 Å². The van der Waals surface area contributed by atoms with Gasteiger partial charge in [0, 0.05) is 44.8 Å². The van der Waals surface area contributed by atoms with Crippen LogP contribution in [0.15, 0.2) is 24.3 Å². The van der Waals surface area contributed by atoms with Gasteiger partial charge in [-0.3, -0.25) is 9.69 Å². The Hall–Kier alpha value is -1.39. The van der Waals surface area contributed by atoms with Crippen LogP contribution in [-0.2, 0) is 0 Å². The first-order valence-corrected chi connectivity index (χ1v) is 6.41. The van der Waals surface area contributed by atoms with Crippen LogP contribution < -0.4 is 5.32 Å². The molecule has 0 aliphatic carbocycles. The van der Waals surface area contributed by atoms with Crippen molar-refractivity contribution in [3.8, 4) is 0 Å². The van der Waals surface area contributed by atoms with Gasteiger partial charge in [-0.2, -0.15) is 0 Å². The fourth-order valence-electron chi connectivity index (χ4n) is 2.04. The van der Waals surface area contributed by atoms with E-state index in [0.29, 0.717) is 12.1 Å². The molecule has 1 aromatic rings. The van der Waals surface area contributed by atoms with Crippen LogP contribution in [0.1, 0.15) is 10.4 Å². The lowest BCUT2D eigenvalue weighted by Gasteiger charge is -2.32. The lowest BCUT2D eigenvalue weighted by Crippen LogP contribution is -2.46. The number of carbonyl (C=O) groups is 1. The SMILES string of the molecule is CN1CCN(CCNC(=O)c2cc[c]cc2)CC1. The summed E-state index contributed by atoms with van der Waals surface area (Å²) in [6, 6.07) is 9.99. The van der Waals surface area contributed by atoms with Gasteiger partial charge in [0.2, 0.25) is 0 Å². The van der Waals surface area contributed by atoms with Gasteiger partial charge in [-0.05, 0) is 25.2 Å². The molecule has 1 heterocycles. The van der Waals surface area contributed by atoms with Crippen LogP contribution in [0, 0.1) is 6.07 Å². The normalized spacial score (nSPS) is 17.6. The van der Waals surface area contributed by atoms with E-state index in [9.17, 15) is 4.79 Å². The number of rotatable bonds is 4. The Kier molecular flexibility index (Phi) is 4.73. The third kappa shape index (κ3) is 3.82. The van der Waals surface area contributed by atoms with Gasteiger partial charge in [0.05, 0.1) is 0 Å². The van der Waals surface area contributed by atoms with E-state index >= 15 is 0 Å². The van der Waals surface area contributed by atoms with E-state index in [1.165, 1.54) is 0 Å². The van der Waals surface area contributed by atoms with Crippen molar-refractivity contribution < 1.29 is 4.79 Å². The fraction of sp³-hybridized carbons (Fsp3) is 0.500. The Morgan fingerprint density at radius 3 is 2.61 bits per heavy atom. The molecule has 1 fully saturated rings. The van der Waals surface area contributed by atoms with Gasteiger partial charge in [0.25, 0.3) is 5.91 Å². The van der Waals surface area contributed by atoms with Crippen LogP contribution in [0.4, 0.5) is 0 Å². The number of nitrogens with one attached hydrogen (secondary N) is 1. The molecule has 97 valence electrons. The van der Waals surface area contributed by atoms with Crippen LogP contribution in [-0.4, -0.2) is 62.0 Å². The minimum absolute atomic E-state index is 0.00173. The summed E-state index contributed by atoms with van der Waals surface area (Å²) in [7, 11) is 2.14. The van der Waals surface area contributed by atoms with Gasteiger partial charge in [-0.1, -0.05) is 12.1 Å². The zero-order valence-electron chi connectivity index (χ0n) is 10.9. The van der Waals surface area contributed by atoms with Gasteiger partial charge in [0.15, 0.2) is 0 Å². The third-order valence-electron chi connectivity index (χ3n) is 3.29. The monoisotopic (exact) mass is 246 g/mol. The molecule has 1 radical (unpaired) electrons. The molecular weight excluding hydrogens is 226 g/mol. The van der Waals surface area contributed by atoms with E-state index in [0.717, 1.165) is 32.7 Å². The Morgan fingerprint density at radius 2 is 1.94 bits per heavy atom. The number of nitrogens with zero attached hydrogens (tertiary/aromatic N) is 2. The average molecular weight is 246 g/mol. The van der Waals surface area contributed by atoms with Crippen molar-refractivity contribution in [2.75, 3.05) is 46.3 Å². The van der Waals surface area contributed by atoms with Crippen LogP contribution in [0.3, 0.4) is 0 Å². The van der Waals surface area contributed by atoms with Crippen molar-refractivity contribution in [1.82, 2.24) is 15.1 Å². The number of piperazine rings is 1. The highest BCUT2D eigenvalue weighted by atomic mass is 16.1. The van der Waals surface area contributed by atoms with E-state index in [-0.39, 0.29) is 5.91 Å². The maximum absolute atomic E-state index is 11.8. The van der Waals surface area contributed by atoms with Crippen molar-refractivity contribution in [2.24, 2.45) is 0 Å². The summed E-state index contributed by atoms with van der Waals surface area (Å²) in [5, 5.41) is 2.95. The predicted molar refractivity (Wildman–Crippen MR) is 71.5 cm³/mol. The van der Waals surface area contributed by atoms with E-state index < -0.39 is 0 Å². The summed E-state index contributed by atoms with van der Waals surface area (Å²) in [5.74, 6) is -0.00173. The van der Waals surface area contributed by atoms with E-state index in [1.807, 2.05) is 0 Å². The summed E-state index contributed by atoms with van der Waals surface area (Å²) in [4.78, 5) is 16.5. The predicted octanol–water partition coefficient (Wildman–Crippen LogP) is 0.464. The molecule has 0 atom stereocenters. The Morgan fingerprint density at radius 1 is 1.28 bits per heavy atom. The van der Waals surface area contributed by atoms with Crippen molar-refractivity contribution in [1.29, 1.82) is 0 Å². The number of amides is 1. The maximum atomic E-state index is 11.8. The topological polar surface area (TPSA) is 35.6 Å². The fourth-order valence-corrected chi connectivity index (χ4v) is 2.04. The second-order valence-corrected chi connectivity index (χ2v) is 4.69. The van der Waals surface area contributed by atoms with Crippen LogP contribution in [0.2, 0.25) is 0 Å². The van der Waals surface area contributed by atoms with Gasteiger partial charge in [0.1, 0.15) is 0 Å². The minimum atomic E-state index is -0.00173. The lowest BCUT2D eigenvalue weighted by molar-refractivity contribution is 0.0941. The average Bonchev–Trinajstić information content (AvgIpc) is 2.42. The van der Waals surface area contributed by atoms with Crippen molar-refractivity contribution in [3.63, 3.8) is 0 Å². The number of carbonyl (C=O) groups excluding carboxylic acids is 1. The second-order valence-electron chi connectivity index (χ2n) is 4.69. The summed E-state index contributed by atoms with van der Waals surface area (Å²) < 4.78 is 0. The first-order valence-electron chi connectivity index (χ1n) is 6.41. The zero-order valence-corrected chi connectivity index (χ0v) is 10.9. The van der Waals surface area contributed by atoms with Crippen molar-refractivity contribution in [3.05, 3.63) is 35.9 Å². The molecule has 1 aromatic carbocycles.